The van der Waals surface area contributed by atoms with E-state index in [-0.39, 0.29) is 36.6 Å². The van der Waals surface area contributed by atoms with Crippen LogP contribution in [0, 0.1) is 0 Å². The Morgan fingerprint density at radius 2 is 1.53 bits per heavy atom. The minimum Gasteiger partial charge on any atom is -0.340 e. The number of benzene rings is 2. The maximum absolute atomic E-state index is 12.6. The molecule has 30 heavy (non-hydrogen) atoms. The van der Waals surface area contributed by atoms with Crippen LogP contribution in [0.2, 0.25) is 0 Å². The van der Waals surface area contributed by atoms with E-state index in [0.29, 0.717) is 12.1 Å². The second kappa shape index (κ2) is 11.3. The minimum absolute atomic E-state index is 0. The van der Waals surface area contributed by atoms with Crippen molar-refractivity contribution >= 4 is 42.3 Å². The first kappa shape index (κ1) is 25.9. The van der Waals surface area contributed by atoms with Crippen molar-refractivity contribution in [1.29, 1.82) is 0 Å². The number of carbonyl (C=O) groups excluding carboxylic acids is 2. The molecule has 1 saturated heterocycles. The summed E-state index contributed by atoms with van der Waals surface area (Å²) in [4.78, 5) is 29.2. The number of hydrogen-bond acceptors (Lipinski definition) is 4. The number of anilines is 1. The number of nitrogens with two attached hydrogens (primary N) is 1. The molecule has 1 fully saturated rings. The quantitative estimate of drug-likeness (QED) is 0.730. The molecule has 164 valence electrons. The van der Waals surface area contributed by atoms with Gasteiger partial charge < -0.3 is 20.9 Å². The van der Waals surface area contributed by atoms with Gasteiger partial charge in [0.05, 0.1) is 6.42 Å². The number of hydrogen-bond donors (Lipinski definition) is 2. The zero-order chi connectivity index (χ0) is 20.1. The van der Waals surface area contributed by atoms with Gasteiger partial charge in [-0.2, -0.15) is 0 Å². The third kappa shape index (κ3) is 6.44. The Balaban J connectivity index is 0.00000225. The molecule has 1 aliphatic rings. The van der Waals surface area contributed by atoms with Crippen LogP contribution in [0.3, 0.4) is 0 Å². The summed E-state index contributed by atoms with van der Waals surface area (Å²) in [7, 11) is 2.07. The molecule has 1 atom stereocenters. The van der Waals surface area contributed by atoms with Gasteiger partial charge in [-0.15, -0.1) is 24.8 Å². The molecule has 1 heterocycles. The molecule has 6 nitrogen and oxygen atoms in total. The number of nitrogens with one attached hydrogen (secondary N) is 1. The van der Waals surface area contributed by atoms with Crippen LogP contribution < -0.4 is 11.1 Å². The van der Waals surface area contributed by atoms with Crippen LogP contribution in [0.25, 0.3) is 0 Å². The highest BCUT2D eigenvalue weighted by atomic mass is 35.5. The van der Waals surface area contributed by atoms with Crippen molar-refractivity contribution in [2.45, 2.75) is 18.9 Å². The smallest absolute Gasteiger partial charge is 0.248 e. The topological polar surface area (TPSA) is 78.7 Å². The summed E-state index contributed by atoms with van der Waals surface area (Å²) in [6, 6.07) is 16.7. The van der Waals surface area contributed by atoms with Gasteiger partial charge in [0.2, 0.25) is 11.8 Å². The summed E-state index contributed by atoms with van der Waals surface area (Å²) in [6.45, 7) is 5.07. The summed E-state index contributed by atoms with van der Waals surface area (Å²) < 4.78 is 0. The molecule has 2 amide bonds. The number of rotatable bonds is 5. The second-order valence-corrected chi connectivity index (χ2v) is 7.58. The highest BCUT2D eigenvalue weighted by Crippen LogP contribution is 2.20. The van der Waals surface area contributed by atoms with Crippen molar-refractivity contribution in [3.63, 3.8) is 0 Å². The van der Waals surface area contributed by atoms with E-state index in [2.05, 4.69) is 17.3 Å². The van der Waals surface area contributed by atoms with E-state index in [1.807, 2.05) is 59.5 Å². The summed E-state index contributed by atoms with van der Waals surface area (Å²) in [5, 5.41) is 2.86. The van der Waals surface area contributed by atoms with Gasteiger partial charge in [0.15, 0.2) is 0 Å². The highest BCUT2D eigenvalue weighted by Gasteiger charge is 2.30. The molecule has 0 bridgehead atoms. The van der Waals surface area contributed by atoms with Crippen molar-refractivity contribution < 1.29 is 9.59 Å². The van der Waals surface area contributed by atoms with Gasteiger partial charge in [-0.1, -0.05) is 42.5 Å². The average Bonchev–Trinajstić information content (AvgIpc) is 2.70. The van der Waals surface area contributed by atoms with Gasteiger partial charge in [0.1, 0.15) is 5.54 Å². The second-order valence-electron chi connectivity index (χ2n) is 7.58. The van der Waals surface area contributed by atoms with Gasteiger partial charge in [0.25, 0.3) is 0 Å². The third-order valence-corrected chi connectivity index (χ3v) is 5.27. The molecule has 1 aliphatic heterocycles. The number of nitrogens with zero attached hydrogens (tertiary/aromatic N) is 2. The Labute approximate surface area is 190 Å². The number of halogens is 2. The fourth-order valence-corrected chi connectivity index (χ4v) is 3.22. The lowest BCUT2D eigenvalue weighted by Crippen LogP contribution is -2.47. The van der Waals surface area contributed by atoms with Crippen molar-refractivity contribution in [2.75, 3.05) is 38.5 Å². The van der Waals surface area contributed by atoms with E-state index < -0.39 is 5.54 Å². The van der Waals surface area contributed by atoms with Crippen molar-refractivity contribution in [2.24, 2.45) is 5.73 Å². The lowest BCUT2D eigenvalue weighted by Gasteiger charge is -2.32. The zero-order valence-corrected chi connectivity index (χ0v) is 19.0. The number of carbonyl (C=O) groups is 2. The Morgan fingerprint density at radius 1 is 0.967 bits per heavy atom. The molecule has 0 radical (unpaired) electrons. The van der Waals surface area contributed by atoms with E-state index in [1.165, 1.54) is 0 Å². The molecule has 0 saturated carbocycles. The third-order valence-electron chi connectivity index (χ3n) is 5.27. The molecular weight excluding hydrogens is 423 g/mol. The number of piperazine rings is 1. The molecule has 3 rings (SSSR count). The van der Waals surface area contributed by atoms with Gasteiger partial charge in [-0.05, 0) is 37.2 Å². The molecule has 3 N–H and O–H groups in total. The van der Waals surface area contributed by atoms with Crippen molar-refractivity contribution in [3.05, 3.63) is 65.7 Å². The average molecular weight is 453 g/mol. The van der Waals surface area contributed by atoms with Gasteiger partial charge in [0, 0.05) is 31.9 Å². The SMILES string of the molecule is CN1CCN(C(=O)Cc2ccc(NC(=O)C(C)(N)c3ccccc3)cc2)CC1.Cl.Cl. The molecule has 2 aromatic carbocycles. The van der Waals surface area contributed by atoms with E-state index in [0.717, 1.165) is 37.3 Å². The van der Waals surface area contributed by atoms with Crippen LogP contribution in [0.4, 0.5) is 5.69 Å². The molecule has 8 heteroatoms. The molecule has 0 aliphatic carbocycles. The fourth-order valence-electron chi connectivity index (χ4n) is 3.22. The fraction of sp³-hybridized carbons (Fsp3) is 0.364. The maximum atomic E-state index is 12.6. The molecular formula is C22H30Cl2N4O2. The Morgan fingerprint density at radius 3 is 2.10 bits per heavy atom. The molecule has 0 aromatic heterocycles. The zero-order valence-electron chi connectivity index (χ0n) is 17.3. The first-order valence-corrected chi connectivity index (χ1v) is 9.57. The minimum atomic E-state index is -1.13. The summed E-state index contributed by atoms with van der Waals surface area (Å²) >= 11 is 0. The number of likely N-dealkylation sites (N-methyl/N-ethyl adjacent to an activating group) is 1. The van der Waals surface area contributed by atoms with Gasteiger partial charge >= 0.3 is 0 Å². The number of amides is 2. The van der Waals surface area contributed by atoms with Gasteiger partial charge in [-0.25, -0.2) is 0 Å². The van der Waals surface area contributed by atoms with Crippen LogP contribution in [-0.2, 0) is 21.5 Å². The van der Waals surface area contributed by atoms with Crippen molar-refractivity contribution in [3.8, 4) is 0 Å². The summed E-state index contributed by atoms with van der Waals surface area (Å²) in [5.41, 5.74) is 7.47. The first-order valence-electron chi connectivity index (χ1n) is 9.57. The van der Waals surface area contributed by atoms with E-state index in [1.54, 1.807) is 6.92 Å². The summed E-state index contributed by atoms with van der Waals surface area (Å²) in [6.07, 6.45) is 0.372. The lowest BCUT2D eigenvalue weighted by atomic mass is 9.92. The van der Waals surface area contributed by atoms with E-state index in [9.17, 15) is 9.59 Å². The largest absolute Gasteiger partial charge is 0.340 e. The lowest BCUT2D eigenvalue weighted by molar-refractivity contribution is -0.132. The molecule has 0 spiro atoms. The Hall–Kier alpha value is -2.12. The maximum Gasteiger partial charge on any atom is 0.248 e. The van der Waals surface area contributed by atoms with Crippen LogP contribution in [-0.4, -0.2) is 54.8 Å². The monoisotopic (exact) mass is 452 g/mol. The van der Waals surface area contributed by atoms with Crippen LogP contribution >= 0.6 is 24.8 Å². The van der Waals surface area contributed by atoms with E-state index in [4.69, 9.17) is 5.73 Å². The van der Waals surface area contributed by atoms with Gasteiger partial charge in [-0.3, -0.25) is 9.59 Å². The first-order chi connectivity index (χ1) is 13.4. The Kier molecular flexibility index (Phi) is 9.78. The molecule has 2 aromatic rings. The van der Waals surface area contributed by atoms with Crippen LogP contribution in [0.15, 0.2) is 54.6 Å². The van der Waals surface area contributed by atoms with Crippen molar-refractivity contribution in [1.82, 2.24) is 9.80 Å². The summed E-state index contributed by atoms with van der Waals surface area (Å²) in [5.74, 6) is -0.136. The van der Waals surface area contributed by atoms with Crippen LogP contribution in [0.1, 0.15) is 18.1 Å². The normalized spacial score (nSPS) is 15.9. The predicted octanol–water partition coefficient (Wildman–Crippen LogP) is 2.66. The molecule has 1 unspecified atom stereocenters. The van der Waals surface area contributed by atoms with Crippen LogP contribution in [0.5, 0.6) is 0 Å². The standard InChI is InChI=1S/C22H28N4O2.2ClH/c1-22(23,18-6-4-3-5-7-18)21(28)24-19-10-8-17(9-11-19)16-20(27)26-14-12-25(2)13-15-26;;/h3-11H,12-16,23H2,1-2H3,(H,24,28);2*1H. The Bertz CT molecular complexity index is 821. The highest BCUT2D eigenvalue weighted by molar-refractivity contribution is 5.98. The van der Waals surface area contributed by atoms with E-state index >= 15 is 0 Å². The predicted molar refractivity (Wildman–Crippen MR) is 125 cm³/mol.